The van der Waals surface area contributed by atoms with Crippen molar-refractivity contribution in [3.05, 3.63) is 35.2 Å². The van der Waals surface area contributed by atoms with Gasteiger partial charge in [-0.2, -0.15) is 0 Å². The molecule has 2 amide bonds. The standard InChI is InChI=1S/C12H12N2OS/c1-14-6-10(13-12(14)15)9-7-16-11-5-3-2-4-8(9)11/h2-5,7,10H,6H2,1H3,(H,13,15). The fourth-order valence-electron chi connectivity index (χ4n) is 2.11. The van der Waals surface area contributed by atoms with E-state index in [2.05, 4.69) is 22.8 Å². The summed E-state index contributed by atoms with van der Waals surface area (Å²) in [5.74, 6) is 0. The van der Waals surface area contributed by atoms with Gasteiger partial charge in [0.2, 0.25) is 0 Å². The lowest BCUT2D eigenvalue weighted by Gasteiger charge is -2.08. The van der Waals surface area contributed by atoms with Gasteiger partial charge in [-0.15, -0.1) is 11.3 Å². The van der Waals surface area contributed by atoms with Crippen molar-refractivity contribution in [2.24, 2.45) is 0 Å². The minimum absolute atomic E-state index is 0.0141. The van der Waals surface area contributed by atoms with E-state index < -0.39 is 0 Å². The zero-order chi connectivity index (χ0) is 11.1. The highest BCUT2D eigenvalue weighted by atomic mass is 32.1. The molecule has 16 heavy (non-hydrogen) atoms. The summed E-state index contributed by atoms with van der Waals surface area (Å²) >= 11 is 1.73. The van der Waals surface area contributed by atoms with E-state index >= 15 is 0 Å². The Kier molecular flexibility index (Phi) is 2.11. The Hall–Kier alpha value is -1.55. The number of benzene rings is 1. The Labute approximate surface area is 97.7 Å². The van der Waals surface area contributed by atoms with Crippen LogP contribution in [0.4, 0.5) is 4.79 Å². The summed E-state index contributed by atoms with van der Waals surface area (Å²) in [6.45, 7) is 0.750. The maximum Gasteiger partial charge on any atom is 0.317 e. The molecule has 3 nitrogen and oxygen atoms in total. The molecule has 82 valence electrons. The van der Waals surface area contributed by atoms with Gasteiger partial charge in [0.1, 0.15) is 0 Å². The number of amides is 2. The van der Waals surface area contributed by atoms with E-state index in [9.17, 15) is 4.79 Å². The Morgan fingerprint density at radius 3 is 3.00 bits per heavy atom. The molecule has 0 spiro atoms. The van der Waals surface area contributed by atoms with Crippen LogP contribution >= 0.6 is 11.3 Å². The molecule has 2 aromatic rings. The summed E-state index contributed by atoms with van der Waals surface area (Å²) in [6.07, 6.45) is 0. The number of urea groups is 1. The molecule has 1 saturated heterocycles. The third kappa shape index (κ3) is 1.38. The van der Waals surface area contributed by atoms with E-state index in [0.717, 1.165) is 6.54 Å². The first-order chi connectivity index (χ1) is 7.75. The van der Waals surface area contributed by atoms with Gasteiger partial charge in [0.05, 0.1) is 6.04 Å². The molecule has 1 atom stereocenters. The zero-order valence-corrected chi connectivity index (χ0v) is 9.75. The third-order valence-electron chi connectivity index (χ3n) is 2.99. The Morgan fingerprint density at radius 1 is 1.44 bits per heavy atom. The van der Waals surface area contributed by atoms with Gasteiger partial charge in [-0.1, -0.05) is 18.2 Å². The first-order valence-corrected chi connectivity index (χ1v) is 6.11. The second-order valence-corrected chi connectivity index (χ2v) is 4.98. The summed E-state index contributed by atoms with van der Waals surface area (Å²) in [7, 11) is 1.82. The fraction of sp³-hybridized carbons (Fsp3) is 0.250. The van der Waals surface area contributed by atoms with Gasteiger partial charge >= 0.3 is 6.03 Å². The summed E-state index contributed by atoms with van der Waals surface area (Å²) < 4.78 is 1.28. The van der Waals surface area contributed by atoms with Crippen molar-refractivity contribution in [2.45, 2.75) is 6.04 Å². The number of hydrogen-bond acceptors (Lipinski definition) is 2. The van der Waals surface area contributed by atoms with Crippen LogP contribution < -0.4 is 5.32 Å². The van der Waals surface area contributed by atoms with Crippen molar-refractivity contribution in [2.75, 3.05) is 13.6 Å². The van der Waals surface area contributed by atoms with Crippen molar-refractivity contribution in [3.63, 3.8) is 0 Å². The molecule has 0 saturated carbocycles. The number of likely N-dealkylation sites (N-methyl/N-ethyl adjacent to an activating group) is 1. The van der Waals surface area contributed by atoms with Crippen LogP contribution in [0.2, 0.25) is 0 Å². The van der Waals surface area contributed by atoms with E-state index in [1.165, 1.54) is 15.6 Å². The fourth-order valence-corrected chi connectivity index (χ4v) is 3.12. The predicted octanol–water partition coefficient (Wildman–Crippen LogP) is 2.60. The Bertz CT molecular complexity index is 549. The minimum Gasteiger partial charge on any atom is -0.329 e. The number of thiophene rings is 1. The smallest absolute Gasteiger partial charge is 0.317 e. The second kappa shape index (κ2) is 3.49. The SMILES string of the molecule is CN1CC(c2csc3ccccc23)NC1=O. The highest BCUT2D eigenvalue weighted by Crippen LogP contribution is 2.32. The number of carbonyl (C=O) groups excluding carboxylic acids is 1. The molecule has 3 rings (SSSR count). The van der Waals surface area contributed by atoms with Crippen molar-refractivity contribution in [1.82, 2.24) is 10.2 Å². The van der Waals surface area contributed by atoms with E-state index in [1.54, 1.807) is 16.2 Å². The molecular formula is C12H12N2OS. The quantitative estimate of drug-likeness (QED) is 0.805. The van der Waals surface area contributed by atoms with E-state index in [1.807, 2.05) is 19.2 Å². The molecule has 0 radical (unpaired) electrons. The number of fused-ring (bicyclic) bond motifs is 1. The van der Waals surface area contributed by atoms with Crippen molar-refractivity contribution in [1.29, 1.82) is 0 Å². The van der Waals surface area contributed by atoms with Gasteiger partial charge < -0.3 is 10.2 Å². The minimum atomic E-state index is 0.0141. The van der Waals surface area contributed by atoms with Gasteiger partial charge in [0.15, 0.2) is 0 Å². The van der Waals surface area contributed by atoms with Gasteiger partial charge in [-0.25, -0.2) is 4.79 Å². The van der Waals surface area contributed by atoms with Crippen LogP contribution in [0.25, 0.3) is 10.1 Å². The molecule has 0 aliphatic carbocycles. The van der Waals surface area contributed by atoms with Crippen LogP contribution in [-0.4, -0.2) is 24.5 Å². The molecule has 1 N–H and O–H groups in total. The van der Waals surface area contributed by atoms with E-state index in [4.69, 9.17) is 0 Å². The first-order valence-electron chi connectivity index (χ1n) is 5.23. The van der Waals surface area contributed by atoms with E-state index in [-0.39, 0.29) is 12.1 Å². The largest absolute Gasteiger partial charge is 0.329 e. The Morgan fingerprint density at radius 2 is 2.25 bits per heavy atom. The average molecular weight is 232 g/mol. The van der Waals surface area contributed by atoms with Crippen LogP contribution in [0.1, 0.15) is 11.6 Å². The normalized spacial score (nSPS) is 20.4. The molecule has 0 bridgehead atoms. The predicted molar refractivity (Wildman–Crippen MR) is 65.7 cm³/mol. The van der Waals surface area contributed by atoms with Gasteiger partial charge in [0, 0.05) is 18.3 Å². The highest BCUT2D eigenvalue weighted by Gasteiger charge is 2.28. The van der Waals surface area contributed by atoms with Crippen molar-refractivity contribution < 1.29 is 4.79 Å². The van der Waals surface area contributed by atoms with Crippen LogP contribution in [0, 0.1) is 0 Å². The molecule has 1 aromatic heterocycles. The van der Waals surface area contributed by atoms with Crippen molar-refractivity contribution >= 4 is 27.5 Å². The van der Waals surface area contributed by atoms with Crippen LogP contribution in [0.5, 0.6) is 0 Å². The first kappa shape index (κ1) is 9.66. The van der Waals surface area contributed by atoms with Crippen molar-refractivity contribution in [3.8, 4) is 0 Å². The van der Waals surface area contributed by atoms with Crippen LogP contribution in [0.3, 0.4) is 0 Å². The summed E-state index contributed by atoms with van der Waals surface area (Å²) in [5.41, 5.74) is 1.23. The molecule has 1 aliphatic rings. The number of rotatable bonds is 1. The number of hydrogen-bond donors (Lipinski definition) is 1. The maximum atomic E-state index is 11.4. The lowest BCUT2D eigenvalue weighted by atomic mass is 10.1. The lowest BCUT2D eigenvalue weighted by molar-refractivity contribution is 0.226. The monoisotopic (exact) mass is 232 g/mol. The molecule has 1 aliphatic heterocycles. The maximum absolute atomic E-state index is 11.4. The molecule has 4 heteroatoms. The number of carbonyl (C=O) groups is 1. The summed E-state index contributed by atoms with van der Waals surface area (Å²) in [4.78, 5) is 13.2. The summed E-state index contributed by atoms with van der Waals surface area (Å²) in [5, 5.41) is 6.40. The van der Waals surface area contributed by atoms with Crippen LogP contribution in [-0.2, 0) is 0 Å². The molecule has 1 fully saturated rings. The highest BCUT2D eigenvalue weighted by molar-refractivity contribution is 7.17. The lowest BCUT2D eigenvalue weighted by Crippen LogP contribution is -2.23. The molecule has 1 unspecified atom stereocenters. The second-order valence-electron chi connectivity index (χ2n) is 4.07. The van der Waals surface area contributed by atoms with E-state index in [0.29, 0.717) is 0 Å². The van der Waals surface area contributed by atoms with Gasteiger partial charge in [-0.05, 0) is 22.4 Å². The zero-order valence-electron chi connectivity index (χ0n) is 8.93. The summed E-state index contributed by atoms with van der Waals surface area (Å²) in [6, 6.07) is 8.46. The molecular weight excluding hydrogens is 220 g/mol. The third-order valence-corrected chi connectivity index (χ3v) is 3.97. The molecule has 1 aromatic carbocycles. The average Bonchev–Trinajstić information content (AvgIpc) is 2.83. The number of nitrogens with zero attached hydrogens (tertiary/aromatic N) is 1. The van der Waals surface area contributed by atoms with Gasteiger partial charge in [-0.3, -0.25) is 0 Å². The molecule has 2 heterocycles. The topological polar surface area (TPSA) is 32.3 Å². The number of nitrogens with one attached hydrogen (secondary N) is 1. The van der Waals surface area contributed by atoms with Crippen LogP contribution in [0.15, 0.2) is 29.6 Å². The Balaban J connectivity index is 2.04. The van der Waals surface area contributed by atoms with Gasteiger partial charge in [0.25, 0.3) is 0 Å².